The monoisotopic (exact) mass is 259 g/mol. The Balaban J connectivity index is 1.98. The van der Waals surface area contributed by atoms with Crippen LogP contribution in [0.1, 0.15) is 21.5 Å². The Morgan fingerprint density at radius 1 is 1.37 bits per heavy atom. The Labute approximate surface area is 112 Å². The van der Waals surface area contributed by atoms with Crippen LogP contribution >= 0.6 is 0 Å². The summed E-state index contributed by atoms with van der Waals surface area (Å²) >= 11 is 0. The van der Waals surface area contributed by atoms with Crippen molar-refractivity contribution in [3.63, 3.8) is 0 Å². The summed E-state index contributed by atoms with van der Waals surface area (Å²) in [4.78, 5) is 12.0. The predicted octanol–water partition coefficient (Wildman–Crippen LogP) is 1.94. The van der Waals surface area contributed by atoms with Crippen molar-refractivity contribution >= 4 is 11.7 Å². The number of hydrogen-bond acceptors (Lipinski definition) is 4. The highest BCUT2D eigenvalue weighted by molar-refractivity contribution is 5.92. The van der Waals surface area contributed by atoms with Crippen molar-refractivity contribution in [3.05, 3.63) is 47.3 Å². The molecule has 0 aliphatic carbocycles. The van der Waals surface area contributed by atoms with Crippen LogP contribution in [0.3, 0.4) is 0 Å². The van der Waals surface area contributed by atoms with Crippen molar-refractivity contribution in [1.82, 2.24) is 9.78 Å². The van der Waals surface area contributed by atoms with Gasteiger partial charge in [0.15, 0.2) is 0 Å². The summed E-state index contributed by atoms with van der Waals surface area (Å²) in [6.07, 6.45) is 3.51. The first-order chi connectivity index (χ1) is 9.08. The van der Waals surface area contributed by atoms with Gasteiger partial charge in [0.2, 0.25) is 0 Å². The third-order valence-corrected chi connectivity index (χ3v) is 2.95. The van der Waals surface area contributed by atoms with Crippen LogP contribution in [0.4, 0.5) is 5.69 Å². The zero-order chi connectivity index (χ0) is 13.8. The molecular weight excluding hydrogens is 242 g/mol. The first kappa shape index (κ1) is 13.1. The molecule has 0 unspecified atom stereocenters. The van der Waals surface area contributed by atoms with E-state index in [1.807, 2.05) is 32.2 Å². The predicted molar refractivity (Wildman–Crippen MR) is 72.8 cm³/mol. The van der Waals surface area contributed by atoms with Gasteiger partial charge >= 0.3 is 5.97 Å². The Kier molecular flexibility index (Phi) is 3.85. The van der Waals surface area contributed by atoms with Crippen LogP contribution < -0.4 is 5.73 Å². The van der Waals surface area contributed by atoms with E-state index in [4.69, 9.17) is 10.5 Å². The lowest BCUT2D eigenvalue weighted by Gasteiger charge is -2.09. The fourth-order valence-corrected chi connectivity index (χ4v) is 1.83. The summed E-state index contributed by atoms with van der Waals surface area (Å²) in [5.74, 6) is -0.351. The lowest BCUT2D eigenvalue weighted by atomic mass is 10.0. The first-order valence-corrected chi connectivity index (χ1v) is 6.09. The Morgan fingerprint density at radius 2 is 2.16 bits per heavy atom. The number of carbonyl (C=O) groups excluding carboxylic acids is 1. The highest BCUT2D eigenvalue weighted by Crippen LogP contribution is 2.18. The molecule has 0 spiro atoms. The molecule has 1 aromatic carbocycles. The lowest BCUT2D eigenvalue weighted by molar-refractivity contribution is 0.0487. The van der Waals surface area contributed by atoms with E-state index >= 15 is 0 Å². The normalized spacial score (nSPS) is 10.4. The van der Waals surface area contributed by atoms with E-state index in [9.17, 15) is 4.79 Å². The van der Waals surface area contributed by atoms with E-state index in [1.165, 1.54) is 0 Å². The molecule has 0 aliphatic heterocycles. The number of aromatic nitrogens is 2. The number of rotatable bonds is 4. The number of carbonyl (C=O) groups is 1. The molecule has 5 nitrogen and oxygen atoms in total. The third kappa shape index (κ3) is 3.13. The van der Waals surface area contributed by atoms with Crippen LogP contribution in [-0.4, -0.2) is 22.4 Å². The van der Waals surface area contributed by atoms with Gasteiger partial charge < -0.3 is 10.5 Å². The molecule has 0 fully saturated rings. The number of benzene rings is 1. The Bertz CT molecular complexity index is 577. The van der Waals surface area contributed by atoms with E-state index in [-0.39, 0.29) is 12.6 Å². The van der Waals surface area contributed by atoms with Gasteiger partial charge in [-0.05, 0) is 37.1 Å². The number of aryl methyl sites for hydroxylation is 2. The summed E-state index contributed by atoms with van der Waals surface area (Å²) in [5.41, 5.74) is 8.76. The van der Waals surface area contributed by atoms with Crippen LogP contribution in [0.25, 0.3) is 0 Å². The molecule has 1 heterocycles. The second-order valence-electron chi connectivity index (χ2n) is 4.43. The molecule has 0 amide bonds. The van der Waals surface area contributed by atoms with Gasteiger partial charge in [0.1, 0.15) is 6.61 Å². The number of nitrogens with zero attached hydrogens (tertiary/aromatic N) is 2. The van der Waals surface area contributed by atoms with Crippen molar-refractivity contribution in [2.75, 3.05) is 12.3 Å². The Morgan fingerprint density at radius 3 is 2.84 bits per heavy atom. The van der Waals surface area contributed by atoms with Crippen LogP contribution in [0.2, 0.25) is 0 Å². The molecule has 0 saturated carbocycles. The number of hydrogen-bond donors (Lipinski definition) is 1. The molecule has 0 radical (unpaired) electrons. The van der Waals surface area contributed by atoms with Crippen molar-refractivity contribution in [2.45, 2.75) is 20.4 Å². The van der Waals surface area contributed by atoms with Crippen LogP contribution in [0.15, 0.2) is 30.6 Å². The fourth-order valence-electron chi connectivity index (χ4n) is 1.83. The van der Waals surface area contributed by atoms with Gasteiger partial charge in [-0.1, -0.05) is 6.07 Å². The summed E-state index contributed by atoms with van der Waals surface area (Å²) < 4.78 is 6.93. The minimum Gasteiger partial charge on any atom is -0.460 e. The quantitative estimate of drug-likeness (QED) is 0.673. The average Bonchev–Trinajstić information content (AvgIpc) is 2.86. The average molecular weight is 259 g/mol. The fraction of sp³-hybridized carbons (Fsp3) is 0.286. The maximum Gasteiger partial charge on any atom is 0.338 e. The third-order valence-electron chi connectivity index (χ3n) is 2.95. The van der Waals surface area contributed by atoms with E-state index in [1.54, 1.807) is 16.9 Å². The van der Waals surface area contributed by atoms with Crippen LogP contribution in [0.5, 0.6) is 0 Å². The van der Waals surface area contributed by atoms with Crippen LogP contribution in [0, 0.1) is 13.8 Å². The van der Waals surface area contributed by atoms with E-state index in [2.05, 4.69) is 5.10 Å². The molecule has 0 aliphatic rings. The molecule has 2 rings (SSSR count). The molecule has 2 aromatic rings. The van der Waals surface area contributed by atoms with Crippen molar-refractivity contribution < 1.29 is 9.53 Å². The highest BCUT2D eigenvalue weighted by Gasteiger charge is 2.12. The number of ether oxygens (including phenoxy) is 1. The molecule has 5 heteroatoms. The highest BCUT2D eigenvalue weighted by atomic mass is 16.5. The molecule has 2 N–H and O–H groups in total. The zero-order valence-electron chi connectivity index (χ0n) is 11.1. The van der Waals surface area contributed by atoms with E-state index in [0.29, 0.717) is 17.8 Å². The molecule has 100 valence electrons. The van der Waals surface area contributed by atoms with Gasteiger partial charge in [-0.25, -0.2) is 4.79 Å². The van der Waals surface area contributed by atoms with Crippen LogP contribution in [-0.2, 0) is 11.3 Å². The van der Waals surface area contributed by atoms with E-state index < -0.39 is 0 Å². The second-order valence-corrected chi connectivity index (χ2v) is 4.43. The van der Waals surface area contributed by atoms with Gasteiger partial charge in [-0.2, -0.15) is 5.10 Å². The topological polar surface area (TPSA) is 70.1 Å². The zero-order valence-corrected chi connectivity index (χ0v) is 11.1. The summed E-state index contributed by atoms with van der Waals surface area (Å²) in [7, 11) is 0. The summed E-state index contributed by atoms with van der Waals surface area (Å²) in [5, 5.41) is 4.03. The molecule has 0 atom stereocenters. The number of anilines is 1. The SMILES string of the molecule is Cc1cc(C)c(C(=O)OCCn2cccn2)cc1N. The van der Waals surface area contributed by atoms with Gasteiger partial charge in [0, 0.05) is 18.1 Å². The number of nitrogens with two attached hydrogens (primary N) is 1. The van der Waals surface area contributed by atoms with Gasteiger partial charge in [-0.15, -0.1) is 0 Å². The first-order valence-electron chi connectivity index (χ1n) is 6.09. The second kappa shape index (κ2) is 5.56. The minimum absolute atomic E-state index is 0.285. The van der Waals surface area contributed by atoms with Crippen molar-refractivity contribution in [2.24, 2.45) is 0 Å². The molecule has 0 saturated heterocycles. The largest absolute Gasteiger partial charge is 0.460 e. The smallest absolute Gasteiger partial charge is 0.338 e. The Hall–Kier alpha value is -2.30. The van der Waals surface area contributed by atoms with Gasteiger partial charge in [0.05, 0.1) is 12.1 Å². The molecule has 19 heavy (non-hydrogen) atoms. The molecule has 1 aromatic heterocycles. The van der Waals surface area contributed by atoms with Crippen molar-refractivity contribution in [1.29, 1.82) is 0 Å². The number of esters is 1. The van der Waals surface area contributed by atoms with E-state index in [0.717, 1.165) is 11.1 Å². The molecule has 0 bridgehead atoms. The maximum absolute atomic E-state index is 12.0. The summed E-state index contributed by atoms with van der Waals surface area (Å²) in [6, 6.07) is 5.38. The minimum atomic E-state index is -0.351. The number of nitrogen functional groups attached to an aromatic ring is 1. The maximum atomic E-state index is 12.0. The van der Waals surface area contributed by atoms with Crippen molar-refractivity contribution in [3.8, 4) is 0 Å². The van der Waals surface area contributed by atoms with Gasteiger partial charge in [0.25, 0.3) is 0 Å². The standard InChI is InChI=1S/C14H17N3O2/c1-10-8-11(2)13(15)9-12(10)14(18)19-7-6-17-5-3-4-16-17/h3-5,8-9H,6-7,15H2,1-2H3. The summed E-state index contributed by atoms with van der Waals surface area (Å²) in [6.45, 7) is 4.61. The lowest BCUT2D eigenvalue weighted by Crippen LogP contribution is -2.13. The van der Waals surface area contributed by atoms with Gasteiger partial charge in [-0.3, -0.25) is 4.68 Å². The molecular formula is C14H17N3O2.